The second kappa shape index (κ2) is 5.46. The Morgan fingerprint density at radius 3 is 2.65 bits per heavy atom. The van der Waals surface area contributed by atoms with Crippen LogP contribution < -0.4 is 0 Å². The lowest BCUT2D eigenvalue weighted by atomic mass is 10.1. The molecule has 0 atom stereocenters. The summed E-state index contributed by atoms with van der Waals surface area (Å²) in [6.45, 7) is 1.74. The lowest BCUT2D eigenvalue weighted by Crippen LogP contribution is -1.92. The van der Waals surface area contributed by atoms with Gasteiger partial charge in [0.05, 0.1) is 11.2 Å². The predicted octanol–water partition coefficient (Wildman–Crippen LogP) is 3.14. The Morgan fingerprint density at radius 2 is 1.94 bits per heavy atom. The fraction of sp³-hybridized carbons (Fsp3) is 0.0769. The van der Waals surface area contributed by atoms with Gasteiger partial charge < -0.3 is 5.11 Å². The highest BCUT2D eigenvalue weighted by Gasteiger charge is 2.01. The van der Waals surface area contributed by atoms with E-state index in [-0.39, 0.29) is 12.4 Å². The number of carbonyl (C=O) groups is 1. The van der Waals surface area contributed by atoms with Gasteiger partial charge in [0, 0.05) is 11.5 Å². The molecule has 3 nitrogen and oxygen atoms in total. The van der Waals surface area contributed by atoms with Crippen molar-refractivity contribution in [3.8, 4) is 0 Å². The van der Waals surface area contributed by atoms with Crippen LogP contribution in [0.1, 0.15) is 12.6 Å². The summed E-state index contributed by atoms with van der Waals surface area (Å²) < 4.78 is 0. The third kappa shape index (κ3) is 3.04. The van der Waals surface area contributed by atoms with Crippen LogP contribution in [0.2, 0.25) is 0 Å². The van der Waals surface area contributed by atoms with Gasteiger partial charge in [-0.1, -0.05) is 24.3 Å². The molecular weight excluding hydrogens is 238 g/mol. The van der Waals surface area contributed by atoms with E-state index in [0.29, 0.717) is 11.3 Å². The maximum atomic E-state index is 10.5. The average Bonchev–Trinajstić information content (AvgIpc) is 2.27. The van der Waals surface area contributed by atoms with Gasteiger partial charge in [0.1, 0.15) is 0 Å². The molecule has 0 spiro atoms. The molecule has 0 saturated heterocycles. The molecule has 0 unspecified atom stereocenters. The molecule has 2 aromatic rings. The van der Waals surface area contributed by atoms with Crippen molar-refractivity contribution in [2.45, 2.75) is 6.92 Å². The van der Waals surface area contributed by atoms with E-state index in [4.69, 9.17) is 5.11 Å². The van der Waals surface area contributed by atoms with E-state index in [1.807, 2.05) is 36.4 Å². The van der Waals surface area contributed by atoms with Gasteiger partial charge in [0.15, 0.2) is 0 Å². The Bertz CT molecular complexity index is 578. The zero-order valence-electron chi connectivity index (χ0n) is 9.25. The Morgan fingerprint density at radius 1 is 1.24 bits per heavy atom. The summed E-state index contributed by atoms with van der Waals surface area (Å²) in [5.74, 6) is -0.951. The van der Waals surface area contributed by atoms with Gasteiger partial charge in [-0.25, -0.2) is 9.78 Å². The lowest BCUT2D eigenvalue weighted by Gasteiger charge is -2.02. The maximum Gasteiger partial charge on any atom is 0.328 e. The summed E-state index contributed by atoms with van der Waals surface area (Å²) in [5, 5.41) is 9.70. The first kappa shape index (κ1) is 13.2. The van der Waals surface area contributed by atoms with Gasteiger partial charge in [-0.2, -0.15) is 0 Å². The Hall–Kier alpha value is -1.87. The molecule has 0 aliphatic rings. The van der Waals surface area contributed by atoms with Crippen molar-refractivity contribution in [3.63, 3.8) is 0 Å². The molecule has 0 bridgehead atoms. The molecule has 0 saturated carbocycles. The zero-order valence-corrected chi connectivity index (χ0v) is 10.1. The van der Waals surface area contributed by atoms with Crippen LogP contribution in [0.15, 0.2) is 42.5 Å². The molecule has 1 aromatic heterocycles. The molecule has 17 heavy (non-hydrogen) atoms. The highest BCUT2D eigenvalue weighted by Crippen LogP contribution is 2.16. The third-order valence-corrected chi connectivity index (χ3v) is 2.34. The number of para-hydroxylation sites is 1. The number of rotatable bonds is 2. The molecular formula is C13H12ClNO2. The molecule has 88 valence electrons. The van der Waals surface area contributed by atoms with Gasteiger partial charge in [0.25, 0.3) is 0 Å². The number of fused-ring (bicyclic) bond motifs is 1. The minimum Gasteiger partial charge on any atom is -0.478 e. The van der Waals surface area contributed by atoms with Gasteiger partial charge in [-0.05, 0) is 24.6 Å². The first-order valence-electron chi connectivity index (χ1n) is 4.94. The molecule has 2 rings (SSSR count). The van der Waals surface area contributed by atoms with E-state index in [0.717, 1.165) is 17.0 Å². The number of hydrogen-bond acceptors (Lipinski definition) is 2. The SMILES string of the molecule is CC(=CC(=O)O)c1ccc2ccccc2n1.Cl. The van der Waals surface area contributed by atoms with Gasteiger partial charge >= 0.3 is 5.97 Å². The minimum absolute atomic E-state index is 0. The van der Waals surface area contributed by atoms with Crippen molar-refractivity contribution in [1.82, 2.24) is 4.98 Å². The van der Waals surface area contributed by atoms with Gasteiger partial charge in [-0.3, -0.25) is 0 Å². The van der Waals surface area contributed by atoms with Crippen molar-refractivity contribution < 1.29 is 9.90 Å². The van der Waals surface area contributed by atoms with Crippen molar-refractivity contribution in [2.24, 2.45) is 0 Å². The van der Waals surface area contributed by atoms with E-state index in [2.05, 4.69) is 4.98 Å². The summed E-state index contributed by atoms with van der Waals surface area (Å²) >= 11 is 0. The molecule has 1 heterocycles. The van der Waals surface area contributed by atoms with Gasteiger partial charge in [-0.15, -0.1) is 12.4 Å². The summed E-state index contributed by atoms with van der Waals surface area (Å²) in [7, 11) is 0. The average molecular weight is 250 g/mol. The zero-order chi connectivity index (χ0) is 11.5. The van der Waals surface area contributed by atoms with Crippen molar-refractivity contribution in [1.29, 1.82) is 0 Å². The normalized spacial score (nSPS) is 11.0. The summed E-state index contributed by atoms with van der Waals surface area (Å²) in [6, 6.07) is 11.5. The van der Waals surface area contributed by atoms with E-state index in [1.165, 1.54) is 0 Å². The summed E-state index contributed by atoms with van der Waals surface area (Å²) in [4.78, 5) is 14.9. The largest absolute Gasteiger partial charge is 0.478 e. The van der Waals surface area contributed by atoms with Crippen molar-refractivity contribution in [3.05, 3.63) is 48.2 Å². The predicted molar refractivity (Wildman–Crippen MR) is 70.3 cm³/mol. The highest BCUT2D eigenvalue weighted by atomic mass is 35.5. The first-order valence-corrected chi connectivity index (χ1v) is 4.94. The first-order chi connectivity index (χ1) is 7.66. The third-order valence-electron chi connectivity index (χ3n) is 2.34. The molecule has 0 fully saturated rings. The van der Waals surface area contributed by atoms with Crippen LogP contribution in [-0.4, -0.2) is 16.1 Å². The van der Waals surface area contributed by atoms with Crippen molar-refractivity contribution >= 4 is 34.9 Å². The van der Waals surface area contributed by atoms with E-state index in [1.54, 1.807) is 6.92 Å². The highest BCUT2D eigenvalue weighted by molar-refractivity contribution is 5.90. The number of aromatic nitrogens is 1. The number of allylic oxidation sites excluding steroid dienone is 1. The van der Waals surface area contributed by atoms with Crippen molar-refractivity contribution in [2.75, 3.05) is 0 Å². The summed E-state index contributed by atoms with van der Waals surface area (Å²) in [6.07, 6.45) is 1.16. The molecule has 0 radical (unpaired) electrons. The fourth-order valence-electron chi connectivity index (χ4n) is 1.54. The Kier molecular flexibility index (Phi) is 4.24. The second-order valence-electron chi connectivity index (χ2n) is 3.55. The molecule has 4 heteroatoms. The summed E-state index contributed by atoms with van der Waals surface area (Å²) in [5.41, 5.74) is 2.22. The van der Waals surface area contributed by atoms with Crippen LogP contribution in [0.25, 0.3) is 16.5 Å². The smallest absolute Gasteiger partial charge is 0.328 e. The number of carboxylic acids is 1. The second-order valence-corrected chi connectivity index (χ2v) is 3.55. The number of halogens is 1. The standard InChI is InChI=1S/C13H11NO2.ClH/c1-9(8-13(15)16)11-7-6-10-4-2-3-5-12(10)14-11;/h2-8H,1H3,(H,15,16);1H. The number of carboxylic acid groups (broad SMARTS) is 1. The van der Waals surface area contributed by atoms with E-state index < -0.39 is 5.97 Å². The quantitative estimate of drug-likeness (QED) is 0.832. The van der Waals surface area contributed by atoms with Crippen LogP contribution >= 0.6 is 12.4 Å². The van der Waals surface area contributed by atoms with Crippen LogP contribution in [0, 0.1) is 0 Å². The minimum atomic E-state index is -0.951. The monoisotopic (exact) mass is 249 g/mol. The maximum absolute atomic E-state index is 10.5. The molecule has 1 aromatic carbocycles. The van der Waals surface area contributed by atoms with Gasteiger partial charge in [0.2, 0.25) is 0 Å². The van der Waals surface area contributed by atoms with Crippen LogP contribution in [0.3, 0.4) is 0 Å². The fourth-order valence-corrected chi connectivity index (χ4v) is 1.54. The number of aliphatic carboxylic acids is 1. The number of benzene rings is 1. The van der Waals surface area contributed by atoms with Crippen LogP contribution in [-0.2, 0) is 4.79 Å². The van der Waals surface area contributed by atoms with E-state index >= 15 is 0 Å². The number of nitrogens with zero attached hydrogens (tertiary/aromatic N) is 1. The number of hydrogen-bond donors (Lipinski definition) is 1. The van der Waals surface area contributed by atoms with Crippen LogP contribution in [0.5, 0.6) is 0 Å². The molecule has 0 aliphatic heterocycles. The van der Waals surface area contributed by atoms with Crippen LogP contribution in [0.4, 0.5) is 0 Å². The Labute approximate surface area is 105 Å². The molecule has 0 amide bonds. The van der Waals surface area contributed by atoms with E-state index in [9.17, 15) is 4.79 Å². The number of pyridine rings is 1. The topological polar surface area (TPSA) is 50.2 Å². The lowest BCUT2D eigenvalue weighted by molar-refractivity contribution is -0.131. The molecule has 1 N–H and O–H groups in total. The molecule has 0 aliphatic carbocycles. The Balaban J connectivity index is 0.00000144.